The van der Waals surface area contributed by atoms with Gasteiger partial charge in [0.15, 0.2) is 0 Å². The Morgan fingerprint density at radius 1 is 0.688 bits per heavy atom. The van der Waals surface area contributed by atoms with Crippen LogP contribution in [0.15, 0.2) is 78.9 Å². The third kappa shape index (κ3) is 7.62. The van der Waals surface area contributed by atoms with Gasteiger partial charge < -0.3 is 31.9 Å². The lowest BCUT2D eigenvalue weighted by Gasteiger charge is -2.48. The van der Waals surface area contributed by atoms with Gasteiger partial charge in [-0.05, 0) is 69.5 Å². The third-order valence-electron chi connectivity index (χ3n) is 9.84. The van der Waals surface area contributed by atoms with Crippen LogP contribution >= 0.6 is 0 Å². The van der Waals surface area contributed by atoms with Gasteiger partial charge in [0.05, 0.1) is 28.3 Å². The van der Waals surface area contributed by atoms with Crippen LogP contribution in [0.3, 0.4) is 0 Å². The summed E-state index contributed by atoms with van der Waals surface area (Å²) in [6, 6.07) is 26.2. The van der Waals surface area contributed by atoms with Gasteiger partial charge in [0.25, 0.3) is 0 Å². The molecule has 0 bridgehead atoms. The van der Waals surface area contributed by atoms with Crippen molar-refractivity contribution in [1.29, 1.82) is 0 Å². The van der Waals surface area contributed by atoms with Crippen LogP contribution in [0.5, 0.6) is 11.5 Å². The van der Waals surface area contributed by atoms with Crippen LogP contribution in [-0.2, 0) is 28.0 Å². The molecule has 0 radical (unpaired) electrons. The molecule has 0 spiro atoms. The zero-order chi connectivity index (χ0) is 36.0. The fourth-order valence-corrected chi connectivity index (χ4v) is 18.3. The van der Waals surface area contributed by atoms with Gasteiger partial charge in [0, 0.05) is 13.7 Å². The van der Waals surface area contributed by atoms with E-state index in [2.05, 4.69) is 67.5 Å². The quantitative estimate of drug-likeness (QED) is 0.103. The molecule has 0 saturated carbocycles. The predicted molar refractivity (Wildman–Crippen MR) is 197 cm³/mol. The topological polar surface area (TPSA) is 64.6 Å². The van der Waals surface area contributed by atoms with E-state index in [1.165, 1.54) is 0 Å². The lowest BCUT2D eigenvalue weighted by atomic mass is 9.80. The molecule has 0 N–H and O–H groups in total. The Bertz CT molecular complexity index is 1370. The van der Waals surface area contributed by atoms with Crippen molar-refractivity contribution in [3.8, 4) is 11.5 Å². The molecule has 7 nitrogen and oxygen atoms in total. The molecule has 0 amide bonds. The van der Waals surface area contributed by atoms with E-state index in [4.69, 9.17) is 33.3 Å². The minimum atomic E-state index is -2.97. The molecule has 3 aromatic carbocycles. The minimum Gasteiger partial charge on any atom is -0.497 e. The number of rotatable bonds is 17. The summed E-state index contributed by atoms with van der Waals surface area (Å²) in [6.07, 6.45) is -0.450. The van der Waals surface area contributed by atoms with Crippen molar-refractivity contribution >= 4 is 17.1 Å². The van der Waals surface area contributed by atoms with Crippen molar-refractivity contribution in [2.75, 3.05) is 34.5 Å². The number of benzene rings is 3. The lowest BCUT2D eigenvalue weighted by molar-refractivity contribution is -0.0703. The Labute approximate surface area is 293 Å². The van der Waals surface area contributed by atoms with Crippen molar-refractivity contribution < 1.29 is 33.3 Å². The summed E-state index contributed by atoms with van der Waals surface area (Å²) < 4.78 is 54.4. The van der Waals surface area contributed by atoms with Crippen LogP contribution in [0.4, 0.5) is 0 Å². The first-order valence-electron chi connectivity index (χ1n) is 17.9. The monoisotopic (exact) mass is 696 g/mol. The number of ether oxygens (including phenoxy) is 4. The third-order valence-corrected chi connectivity index (χ3v) is 20.1. The Hall–Kier alpha value is -2.51. The molecule has 0 aliphatic carbocycles. The van der Waals surface area contributed by atoms with Crippen LogP contribution in [0.25, 0.3) is 0 Å². The Morgan fingerprint density at radius 3 is 1.56 bits per heavy atom. The van der Waals surface area contributed by atoms with Gasteiger partial charge in [-0.1, -0.05) is 110 Å². The summed E-state index contributed by atoms with van der Waals surface area (Å²) in [5.74, 6) is 1.51. The standard InChI is InChI=1S/C39H58O7Si2/c1-28(2)47(42-11,29(3)4)46-48(30(5)6,31(7)8)45-37-25-26-43-38(37)27-44-39(32-15-13-12-14-16-32,33-17-21-35(40-9)22-18-33)34-19-23-36(41-10)24-20-34/h12-24,28-31,37-38H,25-27H2,1-11H3/t37?,38-/m1/s1/i26T/t26-,37?,38+/m0. The second-order valence-corrected chi connectivity index (χ2v) is 22.9. The van der Waals surface area contributed by atoms with Crippen molar-refractivity contribution in [2.24, 2.45) is 0 Å². The Balaban J connectivity index is 1.79. The molecule has 1 heterocycles. The maximum atomic E-state index is 8.76. The summed E-state index contributed by atoms with van der Waals surface area (Å²) in [7, 11) is -0.540. The van der Waals surface area contributed by atoms with E-state index in [1.54, 1.807) is 21.3 Å². The van der Waals surface area contributed by atoms with E-state index < -0.39 is 35.4 Å². The van der Waals surface area contributed by atoms with Crippen molar-refractivity contribution in [3.63, 3.8) is 0 Å². The normalized spacial score (nSPS) is 19.4. The molecule has 1 fully saturated rings. The highest BCUT2D eigenvalue weighted by molar-refractivity contribution is 6.83. The lowest BCUT2D eigenvalue weighted by Crippen LogP contribution is -2.62. The van der Waals surface area contributed by atoms with E-state index in [1.807, 2.05) is 66.7 Å². The predicted octanol–water partition coefficient (Wildman–Crippen LogP) is 9.37. The van der Waals surface area contributed by atoms with Crippen molar-refractivity contribution in [3.05, 3.63) is 95.6 Å². The molecule has 1 saturated heterocycles. The van der Waals surface area contributed by atoms with Crippen LogP contribution in [-0.4, -0.2) is 63.8 Å². The van der Waals surface area contributed by atoms with Gasteiger partial charge in [-0.25, -0.2) is 0 Å². The second kappa shape index (κ2) is 16.5. The summed E-state index contributed by atoms with van der Waals surface area (Å²) >= 11 is 0. The van der Waals surface area contributed by atoms with Gasteiger partial charge in [-0.2, -0.15) is 0 Å². The van der Waals surface area contributed by atoms with Gasteiger partial charge in [0.1, 0.15) is 23.2 Å². The number of methoxy groups -OCH3 is 2. The molecule has 264 valence electrons. The van der Waals surface area contributed by atoms with Crippen LogP contribution in [0.1, 0.15) is 79.9 Å². The smallest absolute Gasteiger partial charge is 0.335 e. The van der Waals surface area contributed by atoms with Gasteiger partial charge in [0.2, 0.25) is 0 Å². The first kappa shape index (κ1) is 36.8. The molecule has 0 aromatic heterocycles. The molecule has 3 atom stereocenters. The molecule has 1 aliphatic rings. The molecule has 3 aromatic rings. The fourth-order valence-electron chi connectivity index (χ4n) is 7.17. The van der Waals surface area contributed by atoms with Gasteiger partial charge in [-0.3, -0.25) is 0 Å². The average molecular weight is 697 g/mol. The highest BCUT2D eigenvalue weighted by Crippen LogP contribution is 2.46. The first-order valence-corrected chi connectivity index (χ1v) is 21.2. The molecule has 9 heteroatoms. The second-order valence-electron chi connectivity index (χ2n) is 13.9. The number of hydrogen-bond donors (Lipinski definition) is 0. The zero-order valence-corrected chi connectivity index (χ0v) is 32.8. The molecule has 1 unspecified atom stereocenters. The van der Waals surface area contributed by atoms with Gasteiger partial charge >= 0.3 is 17.1 Å². The Morgan fingerprint density at radius 2 is 1.15 bits per heavy atom. The zero-order valence-electron chi connectivity index (χ0n) is 31.8. The van der Waals surface area contributed by atoms with E-state index >= 15 is 0 Å². The highest BCUT2D eigenvalue weighted by atomic mass is 28.5. The van der Waals surface area contributed by atoms with E-state index in [9.17, 15) is 0 Å². The van der Waals surface area contributed by atoms with E-state index in [0.29, 0.717) is 6.42 Å². The first-order chi connectivity index (χ1) is 23.3. The van der Waals surface area contributed by atoms with Crippen LogP contribution in [0, 0.1) is 0 Å². The summed E-state index contributed by atoms with van der Waals surface area (Å²) in [5, 5.41) is 0. The Kier molecular flexibility index (Phi) is 12.6. The maximum absolute atomic E-state index is 8.76. The number of hydrogen-bond acceptors (Lipinski definition) is 7. The SMILES string of the molecule is [3H][C@H]1CC(O[Si](O[Si](OC)(C(C)C)C(C)C)(C(C)C)C(C)C)[C@@H](COC(c2ccccc2)(c2ccc(OC)cc2)c2ccc(OC)cc2)O1. The maximum Gasteiger partial charge on any atom is 0.335 e. The summed E-state index contributed by atoms with van der Waals surface area (Å²) in [4.78, 5) is 0. The summed E-state index contributed by atoms with van der Waals surface area (Å²) in [5.41, 5.74) is 2.56. The highest BCUT2D eigenvalue weighted by Gasteiger charge is 2.57. The van der Waals surface area contributed by atoms with Crippen molar-refractivity contribution in [2.45, 2.75) is 102 Å². The van der Waals surface area contributed by atoms with Gasteiger partial charge in [-0.15, -0.1) is 0 Å². The molecular weight excluding hydrogens is 637 g/mol. The van der Waals surface area contributed by atoms with E-state index in [0.717, 1.165) is 28.2 Å². The van der Waals surface area contributed by atoms with Crippen LogP contribution in [0.2, 0.25) is 22.2 Å². The van der Waals surface area contributed by atoms with Crippen LogP contribution < -0.4 is 9.47 Å². The molecular formula is C39H58O7Si2. The van der Waals surface area contributed by atoms with E-state index in [-0.39, 0.29) is 34.9 Å². The largest absolute Gasteiger partial charge is 0.497 e. The minimum absolute atomic E-state index is 0.139. The average Bonchev–Trinajstić information content (AvgIpc) is 3.45. The summed E-state index contributed by atoms with van der Waals surface area (Å²) in [6.45, 7) is 17.1. The molecule has 4 rings (SSSR count). The fraction of sp³-hybridized carbons (Fsp3) is 0.538. The molecule has 1 aliphatic heterocycles. The molecule has 48 heavy (non-hydrogen) atoms. The van der Waals surface area contributed by atoms with Crippen molar-refractivity contribution in [1.82, 2.24) is 0 Å².